The Bertz CT molecular complexity index is 858. The molecule has 0 bridgehead atoms. The molecule has 0 heterocycles. The van der Waals surface area contributed by atoms with E-state index in [1.165, 1.54) is 25.1 Å². The fraction of sp³-hybridized carbons (Fsp3) is 0.565. The molecule has 0 saturated heterocycles. The van der Waals surface area contributed by atoms with Crippen molar-refractivity contribution in [3.05, 3.63) is 23.8 Å². The van der Waals surface area contributed by atoms with Crippen LogP contribution >= 0.6 is 0 Å². The Morgan fingerprint density at radius 1 is 0.800 bits per heavy atom. The summed E-state index contributed by atoms with van der Waals surface area (Å²) in [6.07, 6.45) is -3.27. The van der Waals surface area contributed by atoms with E-state index in [1.807, 2.05) is 6.92 Å². The molecule has 196 valence electrons. The fourth-order valence-electron chi connectivity index (χ4n) is 2.44. The van der Waals surface area contributed by atoms with Crippen molar-refractivity contribution < 1.29 is 52.3 Å². The highest BCUT2D eigenvalue weighted by Crippen LogP contribution is 2.30. The van der Waals surface area contributed by atoms with Gasteiger partial charge in [0.25, 0.3) is 0 Å². The highest BCUT2D eigenvalue weighted by molar-refractivity contribution is 5.76. The van der Waals surface area contributed by atoms with Crippen molar-refractivity contribution in [3.8, 4) is 11.5 Å². The maximum Gasteiger partial charge on any atom is 0.513 e. The molecule has 3 atom stereocenters. The van der Waals surface area contributed by atoms with E-state index in [1.54, 1.807) is 20.8 Å². The van der Waals surface area contributed by atoms with Crippen molar-refractivity contribution in [1.29, 1.82) is 0 Å². The molecule has 1 aromatic rings. The molecule has 0 amide bonds. The quantitative estimate of drug-likeness (QED) is 0.254. The van der Waals surface area contributed by atoms with Crippen molar-refractivity contribution in [2.45, 2.75) is 65.7 Å². The molecule has 0 fully saturated rings. The van der Waals surface area contributed by atoms with Crippen LogP contribution in [-0.4, -0.2) is 62.5 Å². The van der Waals surface area contributed by atoms with E-state index in [-0.39, 0.29) is 43.8 Å². The average Bonchev–Trinajstić information content (AvgIpc) is 2.79. The largest absolute Gasteiger partial charge is 0.513 e. The zero-order chi connectivity index (χ0) is 26.4. The van der Waals surface area contributed by atoms with Gasteiger partial charge < -0.3 is 38.9 Å². The molecule has 35 heavy (non-hydrogen) atoms. The molecule has 0 aromatic heterocycles. The van der Waals surface area contributed by atoms with E-state index in [2.05, 4.69) is 0 Å². The van der Waals surface area contributed by atoms with E-state index in [0.29, 0.717) is 12.0 Å². The average molecular weight is 500 g/mol. The van der Waals surface area contributed by atoms with E-state index in [4.69, 9.17) is 38.9 Å². The molecule has 1 aromatic carbocycles. The van der Waals surface area contributed by atoms with Crippen LogP contribution in [-0.2, 0) is 34.9 Å². The lowest BCUT2D eigenvalue weighted by Crippen LogP contribution is -2.37. The van der Waals surface area contributed by atoms with Crippen molar-refractivity contribution in [1.82, 2.24) is 0 Å². The predicted molar refractivity (Wildman–Crippen MR) is 121 cm³/mol. The van der Waals surface area contributed by atoms with Crippen molar-refractivity contribution in [3.63, 3.8) is 0 Å². The number of carbonyl (C=O) groups excluding carboxylic acids is 4. The highest BCUT2D eigenvalue weighted by Gasteiger charge is 2.22. The summed E-state index contributed by atoms with van der Waals surface area (Å²) in [6.45, 7) is 8.27. The Kier molecular flexibility index (Phi) is 13.0. The summed E-state index contributed by atoms with van der Waals surface area (Å²) in [5, 5.41) is 0. The molecule has 0 radical (unpaired) electrons. The molecular weight excluding hydrogens is 466 g/mol. The first kappa shape index (κ1) is 29.5. The van der Waals surface area contributed by atoms with Gasteiger partial charge in [-0.1, -0.05) is 13.0 Å². The van der Waals surface area contributed by atoms with Gasteiger partial charge >= 0.3 is 24.4 Å². The van der Waals surface area contributed by atoms with Crippen LogP contribution in [0.25, 0.3) is 0 Å². The van der Waals surface area contributed by atoms with Gasteiger partial charge in [-0.2, -0.15) is 0 Å². The number of benzene rings is 1. The normalized spacial score (nSPS) is 13.0. The number of rotatable bonds is 12. The van der Waals surface area contributed by atoms with Crippen LogP contribution in [0.2, 0.25) is 0 Å². The van der Waals surface area contributed by atoms with Crippen molar-refractivity contribution >= 4 is 24.4 Å². The number of hydrogen-bond acceptors (Lipinski definition) is 12. The number of ether oxygens (including phenoxy) is 7. The van der Waals surface area contributed by atoms with E-state index >= 15 is 0 Å². The number of nitrogens with two attached hydrogens (primary N) is 1. The Balaban J connectivity index is 2.77. The van der Waals surface area contributed by atoms with Crippen LogP contribution in [0.15, 0.2) is 18.2 Å². The monoisotopic (exact) mass is 499 g/mol. The molecule has 2 N–H and O–H groups in total. The van der Waals surface area contributed by atoms with Crippen LogP contribution < -0.4 is 15.2 Å². The Labute approximate surface area is 203 Å². The summed E-state index contributed by atoms with van der Waals surface area (Å²) in [7, 11) is 0. The Morgan fingerprint density at radius 3 is 1.97 bits per heavy atom. The molecule has 0 spiro atoms. The summed E-state index contributed by atoms with van der Waals surface area (Å²) in [5.41, 5.74) is 6.43. The summed E-state index contributed by atoms with van der Waals surface area (Å²) in [5.74, 6) is -0.960. The second-order valence-corrected chi connectivity index (χ2v) is 7.31. The Hall–Kier alpha value is -3.54. The van der Waals surface area contributed by atoms with Crippen molar-refractivity contribution in [2.75, 3.05) is 19.8 Å². The highest BCUT2D eigenvalue weighted by atomic mass is 16.7. The molecule has 12 heteroatoms. The SMILES string of the molecule is CCOC(=O)Oc1ccc(C[C@H](N)C(=O)O[C@@H](C)COC(=O)OC(C)CC)cc1OC(=O)OCC. The lowest BCUT2D eigenvalue weighted by Gasteiger charge is -2.18. The molecule has 0 aliphatic heterocycles. The Morgan fingerprint density at radius 2 is 1.40 bits per heavy atom. The second kappa shape index (κ2) is 15.4. The van der Waals surface area contributed by atoms with Crippen LogP contribution in [0.3, 0.4) is 0 Å². The lowest BCUT2D eigenvalue weighted by molar-refractivity contribution is -0.152. The topological polar surface area (TPSA) is 159 Å². The van der Waals surface area contributed by atoms with Gasteiger partial charge in [0, 0.05) is 0 Å². The number of carbonyl (C=O) groups is 4. The molecule has 1 rings (SSSR count). The molecule has 0 saturated carbocycles. The standard InChI is InChI=1S/C23H33NO11/c1-6-14(4)33-23(28)31-13-15(5)32-20(25)17(24)11-16-9-10-18(34-21(26)29-7-2)19(12-16)35-22(27)30-8-3/h9-10,12,14-15,17H,6-8,11,13,24H2,1-5H3/t14?,15-,17-/m0/s1. The van der Waals surface area contributed by atoms with Gasteiger partial charge in [0.2, 0.25) is 0 Å². The third kappa shape index (κ3) is 11.4. The van der Waals surface area contributed by atoms with Gasteiger partial charge in [0.05, 0.1) is 13.2 Å². The third-order valence-electron chi connectivity index (χ3n) is 4.30. The summed E-state index contributed by atoms with van der Waals surface area (Å²) in [4.78, 5) is 47.3. The second-order valence-electron chi connectivity index (χ2n) is 7.31. The number of hydrogen-bond donors (Lipinski definition) is 1. The van der Waals surface area contributed by atoms with E-state index in [9.17, 15) is 19.2 Å². The molecule has 1 unspecified atom stereocenters. The molecule has 0 aliphatic carbocycles. The first-order valence-corrected chi connectivity index (χ1v) is 11.2. The smallest absolute Gasteiger partial charge is 0.458 e. The van der Waals surface area contributed by atoms with Gasteiger partial charge in [0.1, 0.15) is 24.9 Å². The van der Waals surface area contributed by atoms with Crippen LogP contribution in [0.1, 0.15) is 46.6 Å². The van der Waals surface area contributed by atoms with E-state index < -0.39 is 36.6 Å². The maximum atomic E-state index is 12.3. The molecule has 0 aliphatic rings. The predicted octanol–water partition coefficient (Wildman–Crippen LogP) is 3.51. The minimum absolute atomic E-state index is 0.00133. The maximum absolute atomic E-state index is 12.3. The minimum Gasteiger partial charge on any atom is -0.458 e. The minimum atomic E-state index is -1.09. The van der Waals surface area contributed by atoms with Crippen LogP contribution in [0.5, 0.6) is 11.5 Å². The number of esters is 1. The summed E-state index contributed by atoms with van der Waals surface area (Å²) in [6, 6.07) is 3.17. The van der Waals surface area contributed by atoms with Gasteiger partial charge in [-0.3, -0.25) is 4.79 Å². The first-order chi connectivity index (χ1) is 16.6. The van der Waals surface area contributed by atoms with Crippen LogP contribution in [0.4, 0.5) is 14.4 Å². The van der Waals surface area contributed by atoms with Gasteiger partial charge in [-0.15, -0.1) is 0 Å². The first-order valence-electron chi connectivity index (χ1n) is 11.2. The van der Waals surface area contributed by atoms with Gasteiger partial charge in [-0.25, -0.2) is 14.4 Å². The van der Waals surface area contributed by atoms with Crippen molar-refractivity contribution in [2.24, 2.45) is 5.73 Å². The molecular formula is C23H33NO11. The summed E-state index contributed by atoms with van der Waals surface area (Å²) < 4.78 is 34.7. The molecule has 12 nitrogen and oxygen atoms in total. The van der Waals surface area contributed by atoms with Crippen LogP contribution in [0, 0.1) is 0 Å². The van der Waals surface area contributed by atoms with Gasteiger partial charge in [-0.05, 0) is 58.2 Å². The summed E-state index contributed by atoms with van der Waals surface area (Å²) >= 11 is 0. The van der Waals surface area contributed by atoms with Gasteiger partial charge in [0.15, 0.2) is 11.5 Å². The lowest BCUT2D eigenvalue weighted by atomic mass is 10.1. The zero-order valence-corrected chi connectivity index (χ0v) is 20.6. The third-order valence-corrected chi connectivity index (χ3v) is 4.30. The fourth-order valence-corrected chi connectivity index (χ4v) is 2.44. The zero-order valence-electron chi connectivity index (χ0n) is 20.6. The van der Waals surface area contributed by atoms with E-state index in [0.717, 1.165) is 0 Å².